The number of benzene rings is 2. The Kier molecular flexibility index (Phi) is 6.04. The fourth-order valence-electron chi connectivity index (χ4n) is 2.52. The predicted octanol–water partition coefficient (Wildman–Crippen LogP) is 4.60. The fraction of sp³-hybridized carbons (Fsp3) is 0.190. The first-order valence-corrected chi connectivity index (χ1v) is 8.90. The second-order valence-electron chi connectivity index (χ2n) is 5.88. The minimum absolute atomic E-state index is 0.0167. The number of esters is 1. The summed E-state index contributed by atoms with van der Waals surface area (Å²) in [6.07, 6.45) is 0.443. The van der Waals surface area contributed by atoms with Crippen molar-refractivity contribution >= 4 is 34.3 Å². The van der Waals surface area contributed by atoms with Crippen molar-refractivity contribution in [3.05, 3.63) is 70.9 Å². The smallest absolute Gasteiger partial charge is 0.344 e. The lowest BCUT2D eigenvalue weighted by Gasteiger charge is -2.09. The third-order valence-electron chi connectivity index (χ3n) is 3.99. The highest BCUT2D eigenvalue weighted by atomic mass is 35.5. The lowest BCUT2D eigenvalue weighted by molar-refractivity contribution is -0.147. The molecule has 0 unspecified atom stereocenters. The lowest BCUT2D eigenvalue weighted by atomic mass is 10.1. The predicted molar refractivity (Wildman–Crippen MR) is 103 cm³/mol. The number of aromatic nitrogens is 1. The van der Waals surface area contributed by atoms with Crippen LogP contribution in [0, 0.1) is 0 Å². The highest BCUT2D eigenvalue weighted by Crippen LogP contribution is 2.21. The quantitative estimate of drug-likeness (QED) is 0.339. The van der Waals surface area contributed by atoms with Crippen molar-refractivity contribution in [2.45, 2.75) is 20.0 Å². The standard InChI is InChI=1S/C21H18ClNO4/c1-2-19(24)14-7-9-17(10-8-14)26-13-20(25)27-12-16-11-15-5-3-4-6-18(15)23-21(16)22/h3-11H,2,12-13H2,1H3. The summed E-state index contributed by atoms with van der Waals surface area (Å²) in [6, 6.07) is 16.1. The number of hydrogen-bond acceptors (Lipinski definition) is 5. The zero-order valence-corrected chi connectivity index (χ0v) is 15.5. The number of nitrogens with zero attached hydrogens (tertiary/aromatic N) is 1. The van der Waals surface area contributed by atoms with E-state index in [1.807, 2.05) is 30.3 Å². The molecular weight excluding hydrogens is 366 g/mol. The molecule has 6 heteroatoms. The van der Waals surface area contributed by atoms with Crippen LogP contribution in [0.5, 0.6) is 5.75 Å². The Balaban J connectivity index is 1.54. The van der Waals surface area contributed by atoms with Gasteiger partial charge in [0.1, 0.15) is 17.5 Å². The van der Waals surface area contributed by atoms with E-state index in [1.165, 1.54) is 0 Å². The van der Waals surface area contributed by atoms with Gasteiger partial charge >= 0.3 is 5.97 Å². The summed E-state index contributed by atoms with van der Waals surface area (Å²) in [5, 5.41) is 1.23. The van der Waals surface area contributed by atoms with Crippen LogP contribution in [0.2, 0.25) is 5.15 Å². The van der Waals surface area contributed by atoms with E-state index in [4.69, 9.17) is 21.1 Å². The monoisotopic (exact) mass is 383 g/mol. The molecule has 27 heavy (non-hydrogen) atoms. The molecule has 2 aromatic carbocycles. The number of fused-ring (bicyclic) bond motifs is 1. The van der Waals surface area contributed by atoms with Gasteiger partial charge in [-0.05, 0) is 36.4 Å². The van der Waals surface area contributed by atoms with Gasteiger partial charge in [-0.25, -0.2) is 9.78 Å². The molecule has 0 radical (unpaired) electrons. The number of ketones is 1. The van der Waals surface area contributed by atoms with Crippen molar-refractivity contribution in [1.29, 1.82) is 0 Å². The molecule has 1 heterocycles. The second kappa shape index (κ2) is 8.64. The molecule has 138 valence electrons. The van der Waals surface area contributed by atoms with Crippen LogP contribution in [0.25, 0.3) is 10.9 Å². The van der Waals surface area contributed by atoms with E-state index in [9.17, 15) is 9.59 Å². The molecule has 5 nitrogen and oxygen atoms in total. The average Bonchev–Trinajstić information content (AvgIpc) is 2.70. The van der Waals surface area contributed by atoms with Gasteiger partial charge < -0.3 is 9.47 Å². The molecule has 1 aromatic heterocycles. The van der Waals surface area contributed by atoms with Crippen molar-refractivity contribution in [3.8, 4) is 5.75 Å². The maximum atomic E-state index is 11.9. The van der Waals surface area contributed by atoms with E-state index < -0.39 is 5.97 Å². The first-order valence-electron chi connectivity index (χ1n) is 8.52. The Morgan fingerprint density at radius 3 is 2.56 bits per heavy atom. The molecule has 0 saturated carbocycles. The van der Waals surface area contributed by atoms with Gasteiger partial charge in [0.2, 0.25) is 0 Å². The highest BCUT2D eigenvalue weighted by Gasteiger charge is 2.10. The van der Waals surface area contributed by atoms with Crippen LogP contribution in [0.4, 0.5) is 0 Å². The summed E-state index contributed by atoms with van der Waals surface area (Å²) in [7, 11) is 0. The Labute approximate surface area is 161 Å². The molecule has 3 aromatic rings. The minimum atomic E-state index is -0.520. The molecule has 0 aliphatic carbocycles. The highest BCUT2D eigenvalue weighted by molar-refractivity contribution is 6.30. The second-order valence-corrected chi connectivity index (χ2v) is 6.24. The topological polar surface area (TPSA) is 65.5 Å². The lowest BCUT2D eigenvalue weighted by Crippen LogP contribution is -2.15. The van der Waals surface area contributed by atoms with Gasteiger partial charge in [0.05, 0.1) is 5.52 Å². The number of carbonyl (C=O) groups is 2. The minimum Gasteiger partial charge on any atom is -0.482 e. The van der Waals surface area contributed by atoms with Crippen LogP contribution in [-0.2, 0) is 16.1 Å². The Hall–Kier alpha value is -2.92. The van der Waals surface area contributed by atoms with Crippen LogP contribution in [0.3, 0.4) is 0 Å². The van der Waals surface area contributed by atoms with Crippen molar-refractivity contribution < 1.29 is 19.1 Å². The van der Waals surface area contributed by atoms with E-state index in [1.54, 1.807) is 31.2 Å². The van der Waals surface area contributed by atoms with E-state index in [2.05, 4.69) is 4.98 Å². The number of ether oxygens (including phenoxy) is 2. The molecule has 0 fully saturated rings. The Morgan fingerprint density at radius 2 is 1.81 bits per heavy atom. The molecule has 0 spiro atoms. The van der Waals surface area contributed by atoms with Crippen LogP contribution < -0.4 is 4.74 Å². The summed E-state index contributed by atoms with van der Waals surface area (Å²) in [4.78, 5) is 27.8. The molecular formula is C21H18ClNO4. The van der Waals surface area contributed by atoms with Crippen molar-refractivity contribution in [1.82, 2.24) is 4.98 Å². The molecule has 0 aliphatic heterocycles. The largest absolute Gasteiger partial charge is 0.482 e. The summed E-state index contributed by atoms with van der Waals surface area (Å²) < 4.78 is 10.6. The average molecular weight is 384 g/mol. The normalized spacial score (nSPS) is 10.6. The molecule has 0 bridgehead atoms. The molecule has 0 N–H and O–H groups in total. The van der Waals surface area contributed by atoms with Crippen molar-refractivity contribution in [3.63, 3.8) is 0 Å². The molecule has 0 amide bonds. The van der Waals surface area contributed by atoms with E-state index >= 15 is 0 Å². The van der Waals surface area contributed by atoms with Crippen LogP contribution >= 0.6 is 11.6 Å². The van der Waals surface area contributed by atoms with Crippen molar-refractivity contribution in [2.75, 3.05) is 6.61 Å². The van der Waals surface area contributed by atoms with Gasteiger partial charge in [0.25, 0.3) is 0 Å². The van der Waals surface area contributed by atoms with Gasteiger partial charge in [-0.15, -0.1) is 0 Å². The number of rotatable bonds is 7. The van der Waals surface area contributed by atoms with E-state index in [0.717, 1.165) is 10.9 Å². The van der Waals surface area contributed by atoms with Gasteiger partial charge in [0, 0.05) is 22.9 Å². The fourth-order valence-corrected chi connectivity index (χ4v) is 2.72. The third kappa shape index (κ3) is 4.83. The molecule has 3 rings (SSSR count). The van der Waals surface area contributed by atoms with Gasteiger partial charge in [-0.2, -0.15) is 0 Å². The SMILES string of the molecule is CCC(=O)c1ccc(OCC(=O)OCc2cc3ccccc3nc2Cl)cc1. The number of carbonyl (C=O) groups excluding carboxylic acids is 2. The summed E-state index contributed by atoms with van der Waals surface area (Å²) in [6.45, 7) is 1.59. The van der Waals surface area contributed by atoms with Crippen LogP contribution in [0.15, 0.2) is 54.6 Å². The zero-order valence-electron chi connectivity index (χ0n) is 14.8. The third-order valence-corrected chi connectivity index (χ3v) is 4.32. The summed E-state index contributed by atoms with van der Waals surface area (Å²) >= 11 is 6.15. The maximum Gasteiger partial charge on any atom is 0.344 e. The van der Waals surface area contributed by atoms with Gasteiger partial charge in [-0.1, -0.05) is 36.7 Å². The van der Waals surface area contributed by atoms with E-state index in [0.29, 0.717) is 28.5 Å². The Morgan fingerprint density at radius 1 is 1.07 bits per heavy atom. The van der Waals surface area contributed by atoms with Crippen LogP contribution in [0.1, 0.15) is 29.3 Å². The van der Waals surface area contributed by atoms with Crippen molar-refractivity contribution in [2.24, 2.45) is 0 Å². The van der Waals surface area contributed by atoms with E-state index in [-0.39, 0.29) is 19.0 Å². The number of para-hydroxylation sites is 1. The summed E-state index contributed by atoms with van der Waals surface area (Å²) in [5.41, 5.74) is 2.03. The first kappa shape index (κ1) is 18.9. The molecule has 0 atom stereocenters. The number of pyridine rings is 1. The van der Waals surface area contributed by atoms with Crippen LogP contribution in [-0.4, -0.2) is 23.3 Å². The van der Waals surface area contributed by atoms with Gasteiger partial charge in [0.15, 0.2) is 12.4 Å². The number of Topliss-reactive ketones (excluding diaryl/α,β-unsaturated/α-hetero) is 1. The number of halogens is 1. The Bertz CT molecular complexity index is 970. The zero-order chi connectivity index (χ0) is 19.2. The first-order chi connectivity index (χ1) is 13.1. The number of hydrogen-bond donors (Lipinski definition) is 0. The summed E-state index contributed by atoms with van der Waals surface area (Å²) in [5.74, 6) is 0.0276. The van der Waals surface area contributed by atoms with Gasteiger partial charge in [-0.3, -0.25) is 4.79 Å². The molecule has 0 saturated heterocycles. The molecule has 0 aliphatic rings. The maximum absolute atomic E-state index is 11.9.